The number of hydrogen-bond acceptors (Lipinski definition) is 6. The fraction of sp³-hybridized carbons (Fsp3) is 0.778. The predicted octanol–water partition coefficient (Wildman–Crippen LogP) is 1.44. The van der Waals surface area contributed by atoms with E-state index in [0.29, 0.717) is 5.92 Å². The third-order valence-corrected chi connectivity index (χ3v) is 5.90. The van der Waals surface area contributed by atoms with E-state index in [1.165, 1.54) is 19.3 Å². The van der Waals surface area contributed by atoms with E-state index in [9.17, 15) is 5.11 Å². The molecule has 0 spiro atoms. The zero-order chi connectivity index (χ0) is 16.4. The van der Waals surface area contributed by atoms with Crippen LogP contribution in [0.25, 0.3) is 0 Å². The predicted molar refractivity (Wildman–Crippen MR) is 91.9 cm³/mol. The molecule has 0 aromatic carbocycles. The smallest absolute Gasteiger partial charge is 0.225 e. The van der Waals surface area contributed by atoms with Gasteiger partial charge in [0.25, 0.3) is 0 Å². The Kier molecular flexibility index (Phi) is 4.70. The Morgan fingerprint density at radius 2 is 1.92 bits per heavy atom. The topological polar surface area (TPSA) is 61.7 Å². The molecule has 1 saturated carbocycles. The fourth-order valence-corrected chi connectivity index (χ4v) is 4.40. The normalized spacial score (nSPS) is 31.7. The van der Waals surface area contributed by atoms with Crippen molar-refractivity contribution in [3.05, 3.63) is 18.0 Å². The van der Waals surface area contributed by atoms with Crippen LogP contribution in [-0.2, 0) is 11.3 Å². The van der Waals surface area contributed by atoms with Gasteiger partial charge < -0.3 is 14.7 Å². The Morgan fingerprint density at radius 3 is 2.71 bits per heavy atom. The highest BCUT2D eigenvalue weighted by molar-refractivity contribution is 5.30. The molecule has 1 aromatic heterocycles. The first kappa shape index (κ1) is 16.2. The van der Waals surface area contributed by atoms with Gasteiger partial charge in [0, 0.05) is 56.6 Å². The number of morpholine rings is 1. The number of aliphatic hydroxyl groups is 1. The summed E-state index contributed by atoms with van der Waals surface area (Å²) in [6.45, 7) is 6.10. The molecule has 6 nitrogen and oxygen atoms in total. The van der Waals surface area contributed by atoms with Crippen LogP contribution in [0.3, 0.4) is 0 Å². The number of likely N-dealkylation sites (tertiary alicyclic amines) is 1. The Labute approximate surface area is 143 Å². The molecule has 3 aliphatic rings. The van der Waals surface area contributed by atoms with Crippen molar-refractivity contribution in [3.63, 3.8) is 0 Å². The Bertz CT molecular complexity index is 546. The van der Waals surface area contributed by atoms with E-state index in [1.54, 1.807) is 0 Å². The van der Waals surface area contributed by atoms with Crippen LogP contribution in [0.1, 0.15) is 37.7 Å². The molecule has 1 N–H and O–H groups in total. The number of hydrogen-bond donors (Lipinski definition) is 1. The standard InChI is InChI=1S/C18H28N4O2/c23-18-4-2-1-3-16(18)14-21(6-5-18)13-15-11-19-17(20-12-15)22-7-9-24-10-8-22/h11-12,16,23H,1-10,13-14H2/t16-,18-/m0/s1. The molecule has 0 amide bonds. The Morgan fingerprint density at radius 1 is 1.12 bits per heavy atom. The number of piperidine rings is 1. The summed E-state index contributed by atoms with van der Waals surface area (Å²) < 4.78 is 5.37. The molecule has 0 unspecified atom stereocenters. The van der Waals surface area contributed by atoms with Crippen molar-refractivity contribution < 1.29 is 9.84 Å². The molecule has 6 heteroatoms. The third-order valence-electron chi connectivity index (χ3n) is 5.90. The highest BCUT2D eigenvalue weighted by Crippen LogP contribution is 2.39. The van der Waals surface area contributed by atoms with E-state index >= 15 is 0 Å². The number of nitrogens with zero attached hydrogens (tertiary/aromatic N) is 4. The lowest BCUT2D eigenvalue weighted by atomic mass is 9.71. The number of aromatic nitrogens is 2. The van der Waals surface area contributed by atoms with Crippen molar-refractivity contribution in [3.8, 4) is 0 Å². The van der Waals surface area contributed by atoms with Gasteiger partial charge in [-0.1, -0.05) is 12.8 Å². The second-order valence-corrected chi connectivity index (χ2v) is 7.52. The van der Waals surface area contributed by atoms with E-state index in [-0.39, 0.29) is 0 Å². The van der Waals surface area contributed by atoms with Gasteiger partial charge in [0.15, 0.2) is 0 Å². The van der Waals surface area contributed by atoms with Gasteiger partial charge in [-0.15, -0.1) is 0 Å². The minimum absolute atomic E-state index is 0.397. The van der Waals surface area contributed by atoms with E-state index < -0.39 is 5.60 Å². The van der Waals surface area contributed by atoms with Crippen LogP contribution in [-0.4, -0.2) is 65.0 Å². The maximum absolute atomic E-state index is 10.8. The van der Waals surface area contributed by atoms with Crippen molar-refractivity contribution in [1.82, 2.24) is 14.9 Å². The molecule has 1 aromatic rings. The first-order chi connectivity index (χ1) is 11.7. The van der Waals surface area contributed by atoms with Crippen molar-refractivity contribution in [2.24, 2.45) is 5.92 Å². The molecule has 0 bridgehead atoms. The number of anilines is 1. The van der Waals surface area contributed by atoms with Crippen LogP contribution >= 0.6 is 0 Å². The van der Waals surface area contributed by atoms with Crippen LogP contribution in [0.2, 0.25) is 0 Å². The lowest BCUT2D eigenvalue weighted by Crippen LogP contribution is -2.52. The summed E-state index contributed by atoms with van der Waals surface area (Å²) in [6, 6.07) is 0. The number of rotatable bonds is 3. The van der Waals surface area contributed by atoms with E-state index in [2.05, 4.69) is 19.8 Å². The molecule has 4 rings (SSSR count). The van der Waals surface area contributed by atoms with Gasteiger partial charge in [0.2, 0.25) is 5.95 Å². The van der Waals surface area contributed by atoms with Crippen LogP contribution in [0, 0.1) is 5.92 Å². The van der Waals surface area contributed by atoms with Gasteiger partial charge in [0.05, 0.1) is 18.8 Å². The summed E-state index contributed by atoms with van der Waals surface area (Å²) in [4.78, 5) is 13.7. The lowest BCUT2D eigenvalue weighted by Gasteiger charge is -2.47. The van der Waals surface area contributed by atoms with Gasteiger partial charge >= 0.3 is 0 Å². The second kappa shape index (κ2) is 6.94. The molecule has 132 valence electrons. The molecule has 0 radical (unpaired) electrons. The maximum Gasteiger partial charge on any atom is 0.225 e. The summed E-state index contributed by atoms with van der Waals surface area (Å²) in [5.41, 5.74) is 0.763. The van der Waals surface area contributed by atoms with Gasteiger partial charge in [-0.2, -0.15) is 0 Å². The highest BCUT2D eigenvalue weighted by Gasteiger charge is 2.42. The van der Waals surface area contributed by atoms with E-state index in [1.807, 2.05) is 12.4 Å². The summed E-state index contributed by atoms with van der Waals surface area (Å²) in [6.07, 6.45) is 9.42. The second-order valence-electron chi connectivity index (χ2n) is 7.52. The van der Waals surface area contributed by atoms with E-state index in [0.717, 1.165) is 70.3 Å². The van der Waals surface area contributed by atoms with Crippen molar-refractivity contribution in [1.29, 1.82) is 0 Å². The quantitative estimate of drug-likeness (QED) is 0.904. The van der Waals surface area contributed by atoms with Crippen molar-refractivity contribution in [2.45, 2.75) is 44.2 Å². The molecule has 3 heterocycles. The average Bonchev–Trinajstić information content (AvgIpc) is 2.63. The highest BCUT2D eigenvalue weighted by atomic mass is 16.5. The van der Waals surface area contributed by atoms with Gasteiger partial charge in [-0.3, -0.25) is 4.90 Å². The van der Waals surface area contributed by atoms with Gasteiger partial charge in [-0.05, 0) is 19.3 Å². The summed E-state index contributed by atoms with van der Waals surface area (Å²) in [7, 11) is 0. The summed E-state index contributed by atoms with van der Waals surface area (Å²) in [5, 5.41) is 10.8. The first-order valence-corrected chi connectivity index (χ1v) is 9.31. The van der Waals surface area contributed by atoms with Crippen molar-refractivity contribution >= 4 is 5.95 Å². The van der Waals surface area contributed by atoms with Crippen LogP contribution in [0.5, 0.6) is 0 Å². The largest absolute Gasteiger partial charge is 0.390 e. The molecule has 2 atom stereocenters. The third kappa shape index (κ3) is 3.41. The number of ether oxygens (including phenoxy) is 1. The van der Waals surface area contributed by atoms with Crippen LogP contribution in [0.4, 0.5) is 5.95 Å². The van der Waals surface area contributed by atoms with E-state index in [4.69, 9.17) is 4.74 Å². The molecule has 24 heavy (non-hydrogen) atoms. The molecule has 3 fully saturated rings. The molecular weight excluding hydrogens is 304 g/mol. The molecule has 2 saturated heterocycles. The van der Waals surface area contributed by atoms with Crippen molar-refractivity contribution in [2.75, 3.05) is 44.3 Å². The average molecular weight is 332 g/mol. The first-order valence-electron chi connectivity index (χ1n) is 9.31. The zero-order valence-corrected chi connectivity index (χ0v) is 14.4. The minimum Gasteiger partial charge on any atom is -0.390 e. The van der Waals surface area contributed by atoms with Crippen LogP contribution in [0.15, 0.2) is 12.4 Å². The van der Waals surface area contributed by atoms with Gasteiger partial charge in [0.1, 0.15) is 0 Å². The Hall–Kier alpha value is -1.24. The summed E-state index contributed by atoms with van der Waals surface area (Å²) >= 11 is 0. The summed E-state index contributed by atoms with van der Waals surface area (Å²) in [5.74, 6) is 1.25. The SMILES string of the molecule is O[C@]12CCCC[C@H]1CN(Cc1cnc(N3CCOCC3)nc1)CC2. The number of fused-ring (bicyclic) bond motifs is 1. The monoisotopic (exact) mass is 332 g/mol. The van der Waals surface area contributed by atoms with Crippen LogP contribution < -0.4 is 4.90 Å². The zero-order valence-electron chi connectivity index (χ0n) is 14.4. The van der Waals surface area contributed by atoms with Gasteiger partial charge in [-0.25, -0.2) is 9.97 Å². The molecule has 1 aliphatic carbocycles. The fourth-order valence-electron chi connectivity index (χ4n) is 4.40. The maximum atomic E-state index is 10.8. The molecule has 2 aliphatic heterocycles. The minimum atomic E-state index is -0.397. The Balaban J connectivity index is 1.35. The lowest BCUT2D eigenvalue weighted by molar-refractivity contribution is -0.0968. The molecular formula is C18H28N4O2.